The molecule has 0 radical (unpaired) electrons. The average Bonchev–Trinajstić information content (AvgIpc) is 2.61. The van der Waals surface area contributed by atoms with Crippen LogP contribution in [-0.2, 0) is 15.8 Å². The summed E-state index contributed by atoms with van der Waals surface area (Å²) < 4.78 is 43.6. The predicted octanol–water partition coefficient (Wildman–Crippen LogP) is 4.88. The standard InChI is InChI=1S/C17H12ClF3N2O6/c1-9(22-28-8-16(24)25)12-7-11(3-4-14(12)23(26)27)29-15-5-2-10(6-13(15)18)17(19,20)21/h2-7H,8H2,1H3,(H,24,25)/b22-9-. The van der Waals surface area contributed by atoms with E-state index < -0.39 is 29.2 Å². The van der Waals surface area contributed by atoms with Gasteiger partial charge in [-0.25, -0.2) is 4.79 Å². The molecule has 2 rings (SSSR count). The molecule has 154 valence electrons. The van der Waals surface area contributed by atoms with Crippen molar-refractivity contribution in [2.24, 2.45) is 5.16 Å². The summed E-state index contributed by atoms with van der Waals surface area (Å²) in [7, 11) is 0. The number of alkyl halides is 3. The number of carboxylic acids is 1. The van der Waals surface area contributed by atoms with Crippen LogP contribution in [0.4, 0.5) is 18.9 Å². The number of nitrogens with zero attached hydrogens (tertiary/aromatic N) is 2. The maximum atomic E-state index is 12.7. The fourth-order valence-corrected chi connectivity index (χ4v) is 2.37. The van der Waals surface area contributed by atoms with E-state index in [1.807, 2.05) is 0 Å². The third kappa shape index (κ3) is 5.82. The first kappa shape index (κ1) is 22.0. The first-order valence-corrected chi connectivity index (χ1v) is 8.08. The monoisotopic (exact) mass is 432 g/mol. The van der Waals surface area contributed by atoms with Crippen LogP contribution in [0, 0.1) is 10.1 Å². The molecule has 0 saturated heterocycles. The maximum absolute atomic E-state index is 12.7. The second-order valence-electron chi connectivity index (χ2n) is 5.52. The Morgan fingerprint density at radius 3 is 2.52 bits per heavy atom. The number of nitro groups is 1. The van der Waals surface area contributed by atoms with Crippen LogP contribution in [0.15, 0.2) is 41.6 Å². The highest BCUT2D eigenvalue weighted by Gasteiger charge is 2.31. The third-order valence-electron chi connectivity index (χ3n) is 3.43. The van der Waals surface area contributed by atoms with Gasteiger partial charge < -0.3 is 14.7 Å². The molecule has 0 fully saturated rings. The van der Waals surface area contributed by atoms with Crippen molar-refractivity contribution in [2.75, 3.05) is 6.61 Å². The van der Waals surface area contributed by atoms with Gasteiger partial charge in [-0.05, 0) is 37.3 Å². The second-order valence-corrected chi connectivity index (χ2v) is 5.93. The molecule has 0 bridgehead atoms. The number of ether oxygens (including phenoxy) is 1. The largest absolute Gasteiger partial charge is 0.479 e. The molecular weight excluding hydrogens is 421 g/mol. The Kier molecular flexibility index (Phi) is 6.64. The molecule has 0 aliphatic rings. The lowest BCUT2D eigenvalue weighted by Crippen LogP contribution is -2.07. The first-order valence-electron chi connectivity index (χ1n) is 7.71. The number of halogens is 4. The van der Waals surface area contributed by atoms with Crippen molar-refractivity contribution in [3.8, 4) is 11.5 Å². The lowest BCUT2D eigenvalue weighted by atomic mass is 10.1. The highest BCUT2D eigenvalue weighted by Crippen LogP contribution is 2.37. The Morgan fingerprint density at radius 2 is 1.97 bits per heavy atom. The van der Waals surface area contributed by atoms with Gasteiger partial charge in [-0.3, -0.25) is 10.1 Å². The number of hydrogen-bond donors (Lipinski definition) is 1. The summed E-state index contributed by atoms with van der Waals surface area (Å²) in [5.74, 6) is -1.36. The van der Waals surface area contributed by atoms with Gasteiger partial charge in [-0.1, -0.05) is 16.8 Å². The molecule has 12 heteroatoms. The summed E-state index contributed by atoms with van der Waals surface area (Å²) in [5.41, 5.74) is -1.38. The van der Waals surface area contributed by atoms with Crippen LogP contribution in [0.3, 0.4) is 0 Å². The van der Waals surface area contributed by atoms with E-state index in [4.69, 9.17) is 21.4 Å². The van der Waals surface area contributed by atoms with Crippen molar-refractivity contribution >= 4 is 29.0 Å². The van der Waals surface area contributed by atoms with Crippen molar-refractivity contribution in [3.63, 3.8) is 0 Å². The van der Waals surface area contributed by atoms with Gasteiger partial charge in [-0.15, -0.1) is 0 Å². The van der Waals surface area contributed by atoms with Crippen LogP contribution < -0.4 is 4.74 Å². The minimum absolute atomic E-state index is 0.0121. The van der Waals surface area contributed by atoms with E-state index in [0.29, 0.717) is 6.07 Å². The van der Waals surface area contributed by atoms with E-state index in [-0.39, 0.29) is 33.5 Å². The molecule has 0 aliphatic heterocycles. The van der Waals surface area contributed by atoms with Crippen LogP contribution in [0.2, 0.25) is 5.02 Å². The highest BCUT2D eigenvalue weighted by molar-refractivity contribution is 6.32. The van der Waals surface area contributed by atoms with E-state index >= 15 is 0 Å². The topological polar surface area (TPSA) is 111 Å². The molecule has 0 atom stereocenters. The zero-order chi connectivity index (χ0) is 21.8. The van der Waals surface area contributed by atoms with E-state index in [9.17, 15) is 28.1 Å². The molecule has 0 spiro atoms. The molecule has 0 heterocycles. The predicted molar refractivity (Wildman–Crippen MR) is 95.4 cm³/mol. The molecule has 0 aliphatic carbocycles. The summed E-state index contributed by atoms with van der Waals surface area (Å²) in [6.45, 7) is 0.599. The summed E-state index contributed by atoms with van der Waals surface area (Å²) >= 11 is 5.84. The minimum atomic E-state index is -4.58. The zero-order valence-corrected chi connectivity index (χ0v) is 15.3. The average molecular weight is 433 g/mol. The number of nitro benzene ring substituents is 1. The van der Waals surface area contributed by atoms with E-state index in [1.54, 1.807) is 0 Å². The number of hydrogen-bond acceptors (Lipinski definition) is 6. The molecule has 0 saturated carbocycles. The van der Waals surface area contributed by atoms with Gasteiger partial charge in [0.25, 0.3) is 5.69 Å². The Bertz CT molecular complexity index is 978. The van der Waals surface area contributed by atoms with E-state index in [0.717, 1.165) is 18.2 Å². The minimum Gasteiger partial charge on any atom is -0.479 e. The van der Waals surface area contributed by atoms with Crippen molar-refractivity contribution in [1.82, 2.24) is 0 Å². The SMILES string of the molecule is C/C(=N/OCC(=O)O)c1cc(Oc2ccc(C(F)(F)F)cc2Cl)ccc1[N+](=O)[O-]. The number of rotatable bonds is 7. The molecule has 0 amide bonds. The van der Waals surface area contributed by atoms with E-state index in [2.05, 4.69) is 9.99 Å². The molecule has 2 aromatic rings. The lowest BCUT2D eigenvalue weighted by Gasteiger charge is -2.12. The van der Waals surface area contributed by atoms with Gasteiger partial charge in [0.05, 0.1) is 26.8 Å². The Balaban J connectivity index is 2.35. The summed E-state index contributed by atoms with van der Waals surface area (Å²) in [6.07, 6.45) is -4.58. The van der Waals surface area contributed by atoms with Crippen molar-refractivity contribution in [3.05, 3.63) is 62.7 Å². The summed E-state index contributed by atoms with van der Waals surface area (Å²) in [4.78, 5) is 25.5. The second kappa shape index (κ2) is 8.78. The number of oxime groups is 1. The Labute approximate surface area is 166 Å². The number of benzene rings is 2. The Hall–Kier alpha value is -3.34. The van der Waals surface area contributed by atoms with Gasteiger partial charge in [0.15, 0.2) is 0 Å². The van der Waals surface area contributed by atoms with Gasteiger partial charge >= 0.3 is 12.1 Å². The van der Waals surface area contributed by atoms with Crippen molar-refractivity contribution < 1.29 is 37.6 Å². The molecule has 8 nitrogen and oxygen atoms in total. The zero-order valence-electron chi connectivity index (χ0n) is 14.6. The molecule has 1 N–H and O–H groups in total. The van der Waals surface area contributed by atoms with Crippen LogP contribution in [-0.4, -0.2) is 28.3 Å². The molecule has 2 aromatic carbocycles. The number of carboxylic acid groups (broad SMARTS) is 1. The van der Waals surface area contributed by atoms with Gasteiger partial charge in [0, 0.05) is 6.07 Å². The van der Waals surface area contributed by atoms with Crippen LogP contribution in [0.25, 0.3) is 0 Å². The molecule has 0 aromatic heterocycles. The lowest BCUT2D eigenvalue weighted by molar-refractivity contribution is -0.385. The normalized spacial score (nSPS) is 11.8. The van der Waals surface area contributed by atoms with Gasteiger partial charge in [0.2, 0.25) is 6.61 Å². The van der Waals surface area contributed by atoms with Crippen LogP contribution in [0.5, 0.6) is 11.5 Å². The maximum Gasteiger partial charge on any atom is 0.416 e. The number of carbonyl (C=O) groups is 1. The third-order valence-corrected chi connectivity index (χ3v) is 3.73. The fraction of sp³-hybridized carbons (Fsp3) is 0.176. The van der Waals surface area contributed by atoms with Crippen molar-refractivity contribution in [2.45, 2.75) is 13.1 Å². The summed E-state index contributed by atoms with van der Waals surface area (Å²) in [6, 6.07) is 6.01. The molecule has 29 heavy (non-hydrogen) atoms. The van der Waals surface area contributed by atoms with E-state index in [1.165, 1.54) is 19.1 Å². The van der Waals surface area contributed by atoms with Gasteiger partial charge in [-0.2, -0.15) is 13.2 Å². The molecule has 0 unspecified atom stereocenters. The Morgan fingerprint density at radius 1 is 1.28 bits per heavy atom. The van der Waals surface area contributed by atoms with Crippen LogP contribution >= 0.6 is 11.6 Å². The summed E-state index contributed by atoms with van der Waals surface area (Å²) in [5, 5.41) is 22.9. The highest BCUT2D eigenvalue weighted by atomic mass is 35.5. The first-order chi connectivity index (χ1) is 13.5. The smallest absolute Gasteiger partial charge is 0.416 e. The number of aliphatic carboxylic acids is 1. The molecular formula is C17H12ClF3N2O6. The fourth-order valence-electron chi connectivity index (χ4n) is 2.15. The van der Waals surface area contributed by atoms with Gasteiger partial charge in [0.1, 0.15) is 11.5 Å². The van der Waals surface area contributed by atoms with Crippen molar-refractivity contribution in [1.29, 1.82) is 0 Å². The quantitative estimate of drug-likeness (QED) is 0.379. The van der Waals surface area contributed by atoms with Crippen LogP contribution in [0.1, 0.15) is 18.1 Å².